The van der Waals surface area contributed by atoms with E-state index in [4.69, 9.17) is 0 Å². The SMILES string of the molecule is CCCCCCCCCCC/C=C\C/C=C\CCCCCCCCCCCCCCCC(O)CC(=O)NC(CO)C(O)CCCCCCCCCCCCCCCCCC. The minimum Gasteiger partial charge on any atom is -0.394 e. The summed E-state index contributed by atoms with van der Waals surface area (Å²) in [7, 11) is 0. The van der Waals surface area contributed by atoms with Gasteiger partial charge in [0, 0.05) is 0 Å². The summed E-state index contributed by atoms with van der Waals surface area (Å²) in [6, 6.07) is -0.657. The van der Waals surface area contributed by atoms with Crippen LogP contribution in [-0.4, -0.2) is 46.1 Å². The molecule has 0 aromatic rings. The van der Waals surface area contributed by atoms with Gasteiger partial charge in [-0.1, -0.05) is 269 Å². The van der Waals surface area contributed by atoms with Crippen LogP contribution in [0.3, 0.4) is 0 Å². The lowest BCUT2D eigenvalue weighted by atomic mass is 10.0. The first-order chi connectivity index (χ1) is 29.5. The number of aliphatic hydroxyl groups is 3. The molecule has 356 valence electrons. The van der Waals surface area contributed by atoms with Crippen LogP contribution in [0.1, 0.15) is 296 Å². The second-order valence-electron chi connectivity index (χ2n) is 18.8. The van der Waals surface area contributed by atoms with E-state index in [1.54, 1.807) is 0 Å². The van der Waals surface area contributed by atoms with E-state index in [0.717, 1.165) is 32.1 Å². The Balaban J connectivity index is 3.52. The highest BCUT2D eigenvalue weighted by Gasteiger charge is 2.21. The Morgan fingerprint density at radius 1 is 0.417 bits per heavy atom. The fourth-order valence-corrected chi connectivity index (χ4v) is 8.61. The summed E-state index contributed by atoms with van der Waals surface area (Å²) in [5.41, 5.74) is 0. The average Bonchev–Trinajstić information content (AvgIpc) is 3.24. The number of hydrogen-bond acceptors (Lipinski definition) is 4. The fraction of sp³-hybridized carbons (Fsp3) is 0.909. The zero-order chi connectivity index (χ0) is 43.7. The van der Waals surface area contributed by atoms with Crippen LogP contribution in [0.15, 0.2) is 24.3 Å². The molecule has 0 rings (SSSR count). The molecule has 0 aliphatic carbocycles. The highest BCUT2D eigenvalue weighted by molar-refractivity contribution is 5.76. The highest BCUT2D eigenvalue weighted by Crippen LogP contribution is 2.17. The van der Waals surface area contributed by atoms with Crippen molar-refractivity contribution in [3.8, 4) is 0 Å². The number of rotatable bonds is 50. The summed E-state index contributed by atoms with van der Waals surface area (Å²) in [5, 5.41) is 33.6. The predicted molar refractivity (Wildman–Crippen MR) is 264 cm³/mol. The number of aliphatic hydroxyl groups excluding tert-OH is 3. The molecule has 3 unspecified atom stereocenters. The zero-order valence-electron chi connectivity index (χ0n) is 40.6. The van der Waals surface area contributed by atoms with Crippen molar-refractivity contribution in [2.45, 2.75) is 315 Å². The van der Waals surface area contributed by atoms with Gasteiger partial charge in [0.1, 0.15) is 0 Å². The lowest BCUT2D eigenvalue weighted by molar-refractivity contribution is -0.125. The van der Waals surface area contributed by atoms with Crippen LogP contribution in [-0.2, 0) is 4.79 Å². The molecule has 0 aliphatic rings. The topological polar surface area (TPSA) is 89.8 Å². The van der Waals surface area contributed by atoms with Gasteiger partial charge in [0.2, 0.25) is 5.91 Å². The van der Waals surface area contributed by atoms with Gasteiger partial charge in [-0.15, -0.1) is 0 Å². The molecule has 0 aromatic heterocycles. The molecule has 0 bridgehead atoms. The lowest BCUT2D eigenvalue weighted by Gasteiger charge is -2.23. The van der Waals surface area contributed by atoms with Crippen molar-refractivity contribution in [2.24, 2.45) is 0 Å². The van der Waals surface area contributed by atoms with Gasteiger partial charge in [0.25, 0.3) is 0 Å². The Morgan fingerprint density at radius 2 is 0.717 bits per heavy atom. The molecular formula is C55H107NO4. The normalized spacial score (nSPS) is 13.5. The van der Waals surface area contributed by atoms with Crippen molar-refractivity contribution in [3.05, 3.63) is 24.3 Å². The molecule has 0 spiro atoms. The first kappa shape index (κ1) is 58.8. The quantitative estimate of drug-likeness (QED) is 0.0363. The first-order valence-electron chi connectivity index (χ1n) is 27.1. The van der Waals surface area contributed by atoms with Crippen molar-refractivity contribution in [3.63, 3.8) is 0 Å². The molecule has 0 saturated carbocycles. The van der Waals surface area contributed by atoms with E-state index in [2.05, 4.69) is 43.5 Å². The molecule has 1 amide bonds. The molecule has 0 heterocycles. The molecule has 4 N–H and O–H groups in total. The van der Waals surface area contributed by atoms with E-state index < -0.39 is 18.2 Å². The Morgan fingerprint density at radius 3 is 1.05 bits per heavy atom. The van der Waals surface area contributed by atoms with E-state index in [1.165, 1.54) is 231 Å². The number of hydrogen-bond donors (Lipinski definition) is 4. The molecule has 0 radical (unpaired) electrons. The van der Waals surface area contributed by atoms with Crippen molar-refractivity contribution in [1.29, 1.82) is 0 Å². The number of carbonyl (C=O) groups is 1. The predicted octanol–water partition coefficient (Wildman–Crippen LogP) is 16.5. The van der Waals surface area contributed by atoms with Gasteiger partial charge < -0.3 is 20.6 Å². The summed E-state index contributed by atoms with van der Waals surface area (Å²) in [6.45, 7) is 4.29. The summed E-state index contributed by atoms with van der Waals surface area (Å²) in [5.74, 6) is -0.280. The molecule has 5 nitrogen and oxygen atoms in total. The third-order valence-corrected chi connectivity index (χ3v) is 12.8. The van der Waals surface area contributed by atoms with E-state index >= 15 is 0 Å². The van der Waals surface area contributed by atoms with Crippen LogP contribution in [0.4, 0.5) is 0 Å². The van der Waals surface area contributed by atoms with Gasteiger partial charge in [-0.05, 0) is 44.9 Å². The Kier molecular flexibility index (Phi) is 49.5. The molecule has 0 saturated heterocycles. The van der Waals surface area contributed by atoms with Crippen LogP contribution in [0.2, 0.25) is 0 Å². The van der Waals surface area contributed by atoms with Crippen molar-refractivity contribution < 1.29 is 20.1 Å². The van der Waals surface area contributed by atoms with E-state index in [-0.39, 0.29) is 18.9 Å². The van der Waals surface area contributed by atoms with E-state index in [0.29, 0.717) is 12.8 Å². The smallest absolute Gasteiger partial charge is 0.222 e. The number of unbranched alkanes of at least 4 members (excludes halogenated alkanes) is 37. The summed E-state index contributed by atoms with van der Waals surface area (Å²) in [4.78, 5) is 12.5. The Labute approximate surface area is 375 Å². The van der Waals surface area contributed by atoms with Crippen LogP contribution in [0.5, 0.6) is 0 Å². The molecule has 0 aromatic carbocycles. The summed E-state index contributed by atoms with van der Waals surface area (Å²) < 4.78 is 0. The maximum absolute atomic E-state index is 12.5. The van der Waals surface area contributed by atoms with Crippen molar-refractivity contribution in [2.75, 3.05) is 6.61 Å². The zero-order valence-corrected chi connectivity index (χ0v) is 40.6. The lowest BCUT2D eigenvalue weighted by Crippen LogP contribution is -2.46. The van der Waals surface area contributed by atoms with Crippen molar-refractivity contribution >= 4 is 5.91 Å². The minimum absolute atomic E-state index is 0.0384. The average molecular weight is 846 g/mol. The Bertz CT molecular complexity index is 890. The fourth-order valence-electron chi connectivity index (χ4n) is 8.61. The third-order valence-electron chi connectivity index (χ3n) is 12.8. The molecule has 3 atom stereocenters. The largest absolute Gasteiger partial charge is 0.394 e. The Hall–Kier alpha value is -1.17. The van der Waals surface area contributed by atoms with Crippen LogP contribution < -0.4 is 5.32 Å². The maximum atomic E-state index is 12.5. The highest BCUT2D eigenvalue weighted by atomic mass is 16.3. The molecule has 60 heavy (non-hydrogen) atoms. The maximum Gasteiger partial charge on any atom is 0.222 e. The second-order valence-corrected chi connectivity index (χ2v) is 18.8. The van der Waals surface area contributed by atoms with Gasteiger partial charge in [0.15, 0.2) is 0 Å². The van der Waals surface area contributed by atoms with Gasteiger partial charge in [-0.3, -0.25) is 4.79 Å². The standard InChI is InChI=1S/C55H107NO4/c1-3-5-7-9-11-13-15-17-19-21-22-23-24-25-26-27-28-29-30-31-32-33-34-36-38-40-42-44-46-48-52(58)50-55(60)56-53(51-57)54(59)49-47-45-43-41-39-37-35-20-18-16-14-12-10-8-6-4-2/h22-23,25-26,52-54,57-59H,3-21,24,27-51H2,1-2H3,(H,56,60)/b23-22-,26-25-. The summed E-state index contributed by atoms with van der Waals surface area (Å²) >= 11 is 0. The number of amides is 1. The van der Waals surface area contributed by atoms with E-state index in [1.807, 2.05) is 0 Å². The van der Waals surface area contributed by atoms with Gasteiger partial charge in [-0.25, -0.2) is 0 Å². The second kappa shape index (κ2) is 50.5. The van der Waals surface area contributed by atoms with Crippen LogP contribution in [0, 0.1) is 0 Å². The molecule has 0 aliphatic heterocycles. The van der Waals surface area contributed by atoms with Crippen LogP contribution in [0.25, 0.3) is 0 Å². The van der Waals surface area contributed by atoms with Gasteiger partial charge >= 0.3 is 0 Å². The molecule has 5 heteroatoms. The molecular weight excluding hydrogens is 739 g/mol. The third kappa shape index (κ3) is 46.3. The molecule has 0 fully saturated rings. The summed E-state index contributed by atoms with van der Waals surface area (Å²) in [6.07, 6.45) is 63.2. The van der Waals surface area contributed by atoms with E-state index in [9.17, 15) is 20.1 Å². The van der Waals surface area contributed by atoms with Gasteiger partial charge in [-0.2, -0.15) is 0 Å². The minimum atomic E-state index is -0.748. The van der Waals surface area contributed by atoms with Crippen LogP contribution >= 0.6 is 0 Å². The number of carbonyl (C=O) groups excluding carboxylic acids is 1. The monoisotopic (exact) mass is 846 g/mol. The number of allylic oxidation sites excluding steroid dienone is 4. The first-order valence-corrected chi connectivity index (χ1v) is 27.1. The van der Waals surface area contributed by atoms with Gasteiger partial charge in [0.05, 0.1) is 31.3 Å². The van der Waals surface area contributed by atoms with Crippen molar-refractivity contribution in [1.82, 2.24) is 5.32 Å². The number of nitrogens with one attached hydrogen (secondary N) is 1.